The zero-order valence-corrected chi connectivity index (χ0v) is 27.7. The van der Waals surface area contributed by atoms with E-state index in [-0.39, 0.29) is 30.2 Å². The van der Waals surface area contributed by atoms with Gasteiger partial charge >= 0.3 is 0 Å². The number of benzene rings is 4. The van der Waals surface area contributed by atoms with E-state index < -0.39 is 0 Å². The van der Waals surface area contributed by atoms with E-state index in [2.05, 4.69) is 37.2 Å². The van der Waals surface area contributed by atoms with Gasteiger partial charge in [-0.1, -0.05) is 36.4 Å². The van der Waals surface area contributed by atoms with Gasteiger partial charge in [0.2, 0.25) is 0 Å². The van der Waals surface area contributed by atoms with Crippen molar-refractivity contribution in [1.82, 2.24) is 4.90 Å². The van der Waals surface area contributed by atoms with Crippen molar-refractivity contribution in [2.45, 2.75) is 27.3 Å². The molecule has 1 saturated heterocycles. The summed E-state index contributed by atoms with van der Waals surface area (Å²) >= 11 is 7.92. The zero-order valence-electron chi connectivity index (χ0n) is 23.7. The Hall–Kier alpha value is -3.60. The van der Waals surface area contributed by atoms with Gasteiger partial charge in [0.25, 0.3) is 17.1 Å². The lowest BCUT2D eigenvalue weighted by atomic mass is 10.1. The van der Waals surface area contributed by atoms with E-state index in [0.717, 1.165) is 43.7 Å². The minimum absolute atomic E-state index is 0.189. The monoisotopic (exact) mass is 722 g/mol. The molecule has 4 aromatic carbocycles. The van der Waals surface area contributed by atoms with Gasteiger partial charge in [0.15, 0.2) is 18.1 Å². The van der Waals surface area contributed by atoms with E-state index in [0.29, 0.717) is 38.7 Å². The number of hydrogen-bond donors (Lipinski definition) is 1. The number of ether oxygens (including phenoxy) is 2. The highest BCUT2D eigenvalue weighted by molar-refractivity contribution is 9.11. The fraction of sp³-hybridized carbons (Fsp3) is 0.182. The van der Waals surface area contributed by atoms with Crippen molar-refractivity contribution in [1.29, 1.82) is 0 Å². The molecule has 1 aliphatic heterocycles. The standard InChI is InChI=1S/C33H28Br2N2O5S/c1-4-41-28-15-22(14-26(35)31(28)42-18-30(38)36-27-12-20(3)19(2)11-25(27)34)16-29-32(39)37(33(40)43-29)17-21-9-10-23-7-5-6-8-24(23)13-21/h5-16H,4,17-18H2,1-3H3,(H,36,38)/b29-16-. The van der Waals surface area contributed by atoms with Crippen LogP contribution in [-0.4, -0.2) is 35.2 Å². The summed E-state index contributed by atoms with van der Waals surface area (Å²) in [4.78, 5) is 40.3. The van der Waals surface area contributed by atoms with Crippen LogP contribution >= 0.6 is 43.6 Å². The molecule has 0 radical (unpaired) electrons. The van der Waals surface area contributed by atoms with E-state index in [1.807, 2.05) is 75.4 Å². The number of nitrogens with zero attached hydrogens (tertiary/aromatic N) is 1. The number of fused-ring (bicyclic) bond motifs is 1. The average Bonchev–Trinajstić information content (AvgIpc) is 3.22. The van der Waals surface area contributed by atoms with Crippen LogP contribution in [0.3, 0.4) is 0 Å². The number of carbonyl (C=O) groups excluding carboxylic acids is 3. The fourth-order valence-electron chi connectivity index (χ4n) is 4.58. The molecule has 1 heterocycles. The third kappa shape index (κ3) is 7.14. The van der Waals surface area contributed by atoms with E-state index in [1.165, 1.54) is 4.90 Å². The summed E-state index contributed by atoms with van der Waals surface area (Å²) in [6, 6.07) is 21.2. The number of aryl methyl sites for hydroxylation is 2. The Morgan fingerprint density at radius 1 is 0.930 bits per heavy atom. The van der Waals surface area contributed by atoms with Gasteiger partial charge in [-0.25, -0.2) is 0 Å². The summed E-state index contributed by atoms with van der Waals surface area (Å²) in [6.07, 6.45) is 1.66. The van der Waals surface area contributed by atoms with Crippen LogP contribution in [0.1, 0.15) is 29.2 Å². The van der Waals surface area contributed by atoms with Crippen LogP contribution in [0.4, 0.5) is 10.5 Å². The molecule has 1 aliphatic rings. The second kappa shape index (κ2) is 13.4. The smallest absolute Gasteiger partial charge is 0.293 e. The molecule has 4 aromatic rings. The number of carbonyl (C=O) groups is 3. The van der Waals surface area contributed by atoms with Crippen molar-refractivity contribution in [2.24, 2.45) is 0 Å². The first-order chi connectivity index (χ1) is 20.6. The first kappa shape index (κ1) is 30.8. The van der Waals surface area contributed by atoms with E-state index in [1.54, 1.807) is 18.2 Å². The first-order valence-electron chi connectivity index (χ1n) is 13.5. The highest BCUT2D eigenvalue weighted by Gasteiger charge is 2.35. The van der Waals surface area contributed by atoms with Gasteiger partial charge in [-0.15, -0.1) is 0 Å². The lowest BCUT2D eigenvalue weighted by Crippen LogP contribution is -2.27. The SMILES string of the molecule is CCOc1cc(/C=C2\SC(=O)N(Cc3ccc4ccccc4c3)C2=O)cc(Br)c1OCC(=O)Nc1cc(C)c(C)cc1Br. The second-order valence-electron chi connectivity index (χ2n) is 9.97. The lowest BCUT2D eigenvalue weighted by molar-refractivity contribution is -0.123. The molecule has 0 atom stereocenters. The number of halogens is 2. The Kier molecular flexibility index (Phi) is 9.59. The molecule has 5 rings (SSSR count). The van der Waals surface area contributed by atoms with Crippen molar-refractivity contribution in [3.8, 4) is 11.5 Å². The molecule has 0 bridgehead atoms. The minimum Gasteiger partial charge on any atom is -0.490 e. The minimum atomic E-state index is -0.355. The Labute approximate surface area is 270 Å². The van der Waals surface area contributed by atoms with Crippen molar-refractivity contribution >= 4 is 83.2 Å². The summed E-state index contributed by atoms with van der Waals surface area (Å²) < 4.78 is 13.0. The Morgan fingerprint density at radius 3 is 2.44 bits per heavy atom. The Morgan fingerprint density at radius 2 is 1.67 bits per heavy atom. The van der Waals surface area contributed by atoms with Gasteiger partial charge in [0, 0.05) is 4.47 Å². The number of amides is 3. The van der Waals surface area contributed by atoms with Gasteiger partial charge in [0.1, 0.15) is 0 Å². The number of hydrogen-bond acceptors (Lipinski definition) is 6. The third-order valence-corrected chi connectivity index (χ3v) is 9.02. The number of thioether (sulfide) groups is 1. The van der Waals surface area contributed by atoms with Crippen molar-refractivity contribution in [2.75, 3.05) is 18.5 Å². The molecule has 0 spiro atoms. The molecule has 0 saturated carbocycles. The molecule has 10 heteroatoms. The van der Waals surface area contributed by atoms with Gasteiger partial charge in [0.05, 0.1) is 28.2 Å². The molecule has 7 nitrogen and oxygen atoms in total. The molecule has 3 amide bonds. The van der Waals surface area contributed by atoms with Gasteiger partial charge < -0.3 is 14.8 Å². The van der Waals surface area contributed by atoms with Crippen molar-refractivity contribution in [3.63, 3.8) is 0 Å². The molecule has 0 aliphatic carbocycles. The third-order valence-electron chi connectivity index (χ3n) is 6.86. The molecule has 43 heavy (non-hydrogen) atoms. The molecule has 1 fully saturated rings. The van der Waals surface area contributed by atoms with E-state index in [4.69, 9.17) is 9.47 Å². The lowest BCUT2D eigenvalue weighted by Gasteiger charge is -2.15. The number of anilines is 1. The van der Waals surface area contributed by atoms with Gasteiger partial charge in [-0.05, 0) is 134 Å². The highest BCUT2D eigenvalue weighted by Crippen LogP contribution is 2.40. The summed E-state index contributed by atoms with van der Waals surface area (Å²) in [5.74, 6) is 0.0746. The van der Waals surface area contributed by atoms with Crippen LogP contribution in [0.2, 0.25) is 0 Å². The maximum Gasteiger partial charge on any atom is 0.293 e. The molecular formula is C33H28Br2N2O5S. The van der Waals surface area contributed by atoms with Crippen LogP contribution in [-0.2, 0) is 16.1 Å². The van der Waals surface area contributed by atoms with Crippen LogP contribution in [0.25, 0.3) is 16.8 Å². The topological polar surface area (TPSA) is 84.9 Å². The van der Waals surface area contributed by atoms with Crippen LogP contribution in [0, 0.1) is 13.8 Å². The first-order valence-corrected chi connectivity index (χ1v) is 15.9. The summed E-state index contributed by atoms with van der Waals surface area (Å²) in [5, 5.41) is 4.69. The normalized spacial score (nSPS) is 14.1. The maximum atomic E-state index is 13.2. The average molecular weight is 724 g/mol. The maximum absolute atomic E-state index is 13.2. The predicted molar refractivity (Wildman–Crippen MR) is 179 cm³/mol. The number of imide groups is 1. The summed E-state index contributed by atoms with van der Waals surface area (Å²) in [5.41, 5.74) is 4.34. The second-order valence-corrected chi connectivity index (χ2v) is 12.7. The molecule has 1 N–H and O–H groups in total. The molecule has 220 valence electrons. The summed E-state index contributed by atoms with van der Waals surface area (Å²) in [7, 11) is 0. The van der Waals surface area contributed by atoms with Crippen molar-refractivity contribution < 1.29 is 23.9 Å². The number of rotatable bonds is 9. The van der Waals surface area contributed by atoms with Crippen molar-refractivity contribution in [3.05, 3.63) is 103 Å². The predicted octanol–water partition coefficient (Wildman–Crippen LogP) is 8.63. The van der Waals surface area contributed by atoms with E-state index >= 15 is 0 Å². The molecule has 0 aromatic heterocycles. The fourth-order valence-corrected chi connectivity index (χ4v) is 6.55. The Bertz CT molecular complexity index is 1790. The van der Waals surface area contributed by atoms with Crippen LogP contribution < -0.4 is 14.8 Å². The highest BCUT2D eigenvalue weighted by atomic mass is 79.9. The van der Waals surface area contributed by atoms with Gasteiger partial charge in [-0.2, -0.15) is 0 Å². The summed E-state index contributed by atoms with van der Waals surface area (Å²) in [6.45, 7) is 6.12. The largest absolute Gasteiger partial charge is 0.490 e. The number of nitrogens with one attached hydrogen (secondary N) is 1. The quantitative estimate of drug-likeness (QED) is 0.174. The molecule has 0 unspecified atom stereocenters. The molecular weight excluding hydrogens is 696 g/mol. The van der Waals surface area contributed by atoms with Crippen LogP contribution in [0.5, 0.6) is 11.5 Å². The van der Waals surface area contributed by atoms with Gasteiger partial charge in [-0.3, -0.25) is 19.3 Å². The van der Waals surface area contributed by atoms with E-state index in [9.17, 15) is 14.4 Å². The zero-order chi connectivity index (χ0) is 30.7. The Balaban J connectivity index is 1.30. The van der Waals surface area contributed by atoms with Crippen LogP contribution in [0.15, 0.2) is 80.6 Å².